The van der Waals surface area contributed by atoms with Gasteiger partial charge in [-0.05, 0) is 24.3 Å². The molecule has 3 aromatic rings. The molecule has 110 valence electrons. The van der Waals surface area contributed by atoms with Gasteiger partial charge in [-0.1, -0.05) is 12.1 Å². The van der Waals surface area contributed by atoms with E-state index in [1.807, 2.05) is 36.4 Å². The zero-order valence-corrected chi connectivity index (χ0v) is 11.8. The Bertz CT molecular complexity index is 826. The predicted octanol–water partition coefficient (Wildman–Crippen LogP) is 1.99. The summed E-state index contributed by atoms with van der Waals surface area (Å²) >= 11 is 0. The highest BCUT2D eigenvalue weighted by molar-refractivity contribution is 5.95. The minimum atomic E-state index is -0.00457. The molecule has 1 N–H and O–H groups in total. The van der Waals surface area contributed by atoms with Crippen molar-refractivity contribution in [2.75, 3.05) is 24.7 Å². The highest BCUT2D eigenvalue weighted by Crippen LogP contribution is 2.24. The second kappa shape index (κ2) is 5.23. The van der Waals surface area contributed by atoms with Gasteiger partial charge in [0.2, 0.25) is 0 Å². The topological polar surface area (TPSA) is 71.1 Å². The second-order valence-electron chi connectivity index (χ2n) is 5.12. The van der Waals surface area contributed by atoms with Crippen molar-refractivity contribution in [2.45, 2.75) is 0 Å². The van der Waals surface area contributed by atoms with E-state index in [0.29, 0.717) is 18.8 Å². The molecule has 0 aliphatic carbocycles. The number of nitrogens with one attached hydrogen (secondary N) is 1. The Morgan fingerprint density at radius 1 is 1.14 bits per heavy atom. The zero-order chi connectivity index (χ0) is 14.9. The maximum absolute atomic E-state index is 11.8. The van der Waals surface area contributed by atoms with Crippen LogP contribution in [-0.4, -0.2) is 40.6 Å². The van der Waals surface area contributed by atoms with E-state index in [0.717, 1.165) is 22.5 Å². The number of hydrogen-bond acceptors (Lipinski definition) is 4. The summed E-state index contributed by atoms with van der Waals surface area (Å²) in [5.41, 5.74) is 4.36. The molecule has 0 bridgehead atoms. The minimum absolute atomic E-state index is 0.00457. The normalized spacial score (nSPS) is 15.5. The van der Waals surface area contributed by atoms with Crippen molar-refractivity contribution in [1.82, 2.24) is 15.0 Å². The second-order valence-corrected chi connectivity index (χ2v) is 5.12. The van der Waals surface area contributed by atoms with Gasteiger partial charge in [0.05, 0.1) is 24.1 Å². The number of amides is 1. The van der Waals surface area contributed by atoms with Crippen LogP contribution < -0.4 is 4.90 Å². The van der Waals surface area contributed by atoms with Crippen LogP contribution >= 0.6 is 0 Å². The lowest BCUT2D eigenvalue weighted by Gasteiger charge is -2.26. The van der Waals surface area contributed by atoms with Gasteiger partial charge in [0, 0.05) is 17.8 Å². The van der Waals surface area contributed by atoms with Gasteiger partial charge in [-0.2, -0.15) is 0 Å². The van der Waals surface area contributed by atoms with Gasteiger partial charge in [-0.25, -0.2) is 9.97 Å². The van der Waals surface area contributed by atoms with E-state index in [4.69, 9.17) is 4.74 Å². The van der Waals surface area contributed by atoms with Crippen molar-refractivity contribution >= 4 is 22.8 Å². The monoisotopic (exact) mass is 294 g/mol. The molecule has 1 fully saturated rings. The van der Waals surface area contributed by atoms with Crippen LogP contribution in [0, 0.1) is 0 Å². The fraction of sp³-hybridized carbons (Fsp3) is 0.188. The van der Waals surface area contributed by atoms with E-state index >= 15 is 0 Å². The number of anilines is 1. The number of aromatic amines is 1. The number of hydrogen-bond donors (Lipinski definition) is 1. The summed E-state index contributed by atoms with van der Waals surface area (Å²) in [6.45, 7) is 1.32. The fourth-order valence-corrected chi connectivity index (χ4v) is 2.59. The summed E-state index contributed by atoms with van der Waals surface area (Å²) in [6.07, 6.45) is 1.63. The molecule has 1 aliphatic heterocycles. The molecule has 0 radical (unpaired) electrons. The SMILES string of the molecule is O=C1COCCN1c1ccc(-c2ccc3[nH]cnc3n2)cc1. The van der Waals surface area contributed by atoms with E-state index < -0.39 is 0 Å². The van der Waals surface area contributed by atoms with Gasteiger partial charge in [0.1, 0.15) is 6.61 Å². The Labute approximate surface area is 126 Å². The fourth-order valence-electron chi connectivity index (χ4n) is 2.59. The van der Waals surface area contributed by atoms with Gasteiger partial charge >= 0.3 is 0 Å². The van der Waals surface area contributed by atoms with E-state index in [9.17, 15) is 4.79 Å². The van der Waals surface area contributed by atoms with Crippen LogP contribution in [-0.2, 0) is 9.53 Å². The summed E-state index contributed by atoms with van der Waals surface area (Å²) in [6, 6.07) is 11.7. The highest BCUT2D eigenvalue weighted by atomic mass is 16.5. The van der Waals surface area contributed by atoms with Crippen LogP contribution in [0.15, 0.2) is 42.7 Å². The lowest BCUT2D eigenvalue weighted by Crippen LogP contribution is -2.41. The van der Waals surface area contributed by atoms with E-state index in [-0.39, 0.29) is 12.5 Å². The Morgan fingerprint density at radius 2 is 2.00 bits per heavy atom. The molecule has 6 nitrogen and oxygen atoms in total. The van der Waals surface area contributed by atoms with Gasteiger partial charge in [0.25, 0.3) is 5.91 Å². The standard InChI is InChI=1S/C16H14N4O2/c21-15-9-22-8-7-20(15)12-3-1-11(2-4-12)13-5-6-14-16(19-13)18-10-17-14/h1-6,10H,7-9H2,(H,17,18,19). The molecule has 2 aromatic heterocycles. The van der Waals surface area contributed by atoms with Gasteiger partial charge in [-0.3, -0.25) is 4.79 Å². The van der Waals surface area contributed by atoms with Gasteiger partial charge in [-0.15, -0.1) is 0 Å². The molecule has 1 saturated heterocycles. The van der Waals surface area contributed by atoms with E-state index in [1.54, 1.807) is 11.2 Å². The third kappa shape index (κ3) is 2.23. The number of imidazole rings is 1. The number of fused-ring (bicyclic) bond motifs is 1. The quantitative estimate of drug-likeness (QED) is 0.784. The number of H-pyrrole nitrogens is 1. The third-order valence-corrected chi connectivity index (χ3v) is 3.74. The molecule has 0 unspecified atom stereocenters. The number of morpholine rings is 1. The average Bonchev–Trinajstić information content (AvgIpc) is 3.03. The predicted molar refractivity (Wildman–Crippen MR) is 82.5 cm³/mol. The Morgan fingerprint density at radius 3 is 2.82 bits per heavy atom. The molecule has 0 spiro atoms. The number of carbonyl (C=O) groups excluding carboxylic acids is 1. The molecule has 1 aliphatic rings. The van der Waals surface area contributed by atoms with Crippen LogP contribution in [0.5, 0.6) is 0 Å². The summed E-state index contributed by atoms with van der Waals surface area (Å²) < 4.78 is 5.15. The Kier molecular flexibility index (Phi) is 3.08. The van der Waals surface area contributed by atoms with Crippen molar-refractivity contribution in [3.05, 3.63) is 42.7 Å². The molecule has 22 heavy (non-hydrogen) atoms. The number of benzene rings is 1. The molecule has 6 heteroatoms. The number of ether oxygens (including phenoxy) is 1. The Hall–Kier alpha value is -2.73. The first-order valence-corrected chi connectivity index (χ1v) is 7.10. The first-order chi connectivity index (χ1) is 10.8. The first-order valence-electron chi connectivity index (χ1n) is 7.10. The lowest BCUT2D eigenvalue weighted by atomic mass is 10.1. The van der Waals surface area contributed by atoms with Crippen LogP contribution in [0.2, 0.25) is 0 Å². The van der Waals surface area contributed by atoms with Gasteiger partial charge < -0.3 is 14.6 Å². The number of aromatic nitrogens is 3. The largest absolute Gasteiger partial charge is 0.370 e. The minimum Gasteiger partial charge on any atom is -0.370 e. The number of nitrogens with zero attached hydrogens (tertiary/aromatic N) is 3. The van der Waals surface area contributed by atoms with Crippen LogP contribution in [0.1, 0.15) is 0 Å². The van der Waals surface area contributed by atoms with Crippen molar-refractivity contribution in [1.29, 1.82) is 0 Å². The molecule has 0 saturated carbocycles. The van der Waals surface area contributed by atoms with Gasteiger partial charge in [0.15, 0.2) is 5.65 Å². The lowest BCUT2D eigenvalue weighted by molar-refractivity contribution is -0.125. The van der Waals surface area contributed by atoms with Crippen molar-refractivity contribution in [3.8, 4) is 11.3 Å². The van der Waals surface area contributed by atoms with Crippen LogP contribution in [0.25, 0.3) is 22.4 Å². The van der Waals surface area contributed by atoms with Crippen molar-refractivity contribution in [2.24, 2.45) is 0 Å². The Balaban J connectivity index is 1.64. The summed E-state index contributed by atoms with van der Waals surface area (Å²) in [4.78, 5) is 25.3. The number of rotatable bonds is 2. The molecule has 1 amide bonds. The van der Waals surface area contributed by atoms with Crippen molar-refractivity contribution in [3.63, 3.8) is 0 Å². The maximum Gasteiger partial charge on any atom is 0.253 e. The summed E-state index contributed by atoms with van der Waals surface area (Å²) in [7, 11) is 0. The smallest absolute Gasteiger partial charge is 0.253 e. The molecule has 0 atom stereocenters. The summed E-state index contributed by atoms with van der Waals surface area (Å²) in [5, 5.41) is 0. The van der Waals surface area contributed by atoms with Crippen LogP contribution in [0.3, 0.4) is 0 Å². The van der Waals surface area contributed by atoms with Crippen molar-refractivity contribution < 1.29 is 9.53 Å². The maximum atomic E-state index is 11.8. The zero-order valence-electron chi connectivity index (χ0n) is 11.8. The average molecular weight is 294 g/mol. The molecule has 1 aromatic carbocycles. The molecular weight excluding hydrogens is 280 g/mol. The van der Waals surface area contributed by atoms with E-state index in [1.165, 1.54) is 0 Å². The molecule has 3 heterocycles. The summed E-state index contributed by atoms with van der Waals surface area (Å²) in [5.74, 6) is -0.00457. The van der Waals surface area contributed by atoms with E-state index in [2.05, 4.69) is 15.0 Å². The first kappa shape index (κ1) is 13.0. The van der Waals surface area contributed by atoms with Crippen LogP contribution in [0.4, 0.5) is 5.69 Å². The molecule has 4 rings (SSSR count). The number of pyridine rings is 1. The molecular formula is C16H14N4O2. The number of carbonyl (C=O) groups is 1. The third-order valence-electron chi connectivity index (χ3n) is 3.74. The highest BCUT2D eigenvalue weighted by Gasteiger charge is 2.19.